The van der Waals surface area contributed by atoms with Crippen LogP contribution in [0.5, 0.6) is 0 Å². The molecule has 1 heterocycles. The molecule has 4 nitrogen and oxygen atoms in total. The highest BCUT2D eigenvalue weighted by atomic mass is 32.2. The number of sulfone groups is 1. The summed E-state index contributed by atoms with van der Waals surface area (Å²) in [5.74, 6) is -0.650. The minimum atomic E-state index is -3.78. The molecular weight excluding hydrogens is 204 g/mol. The van der Waals surface area contributed by atoms with E-state index in [0.29, 0.717) is 6.26 Å². The van der Waals surface area contributed by atoms with Crippen molar-refractivity contribution in [1.82, 2.24) is 0 Å². The molecule has 0 saturated heterocycles. The van der Waals surface area contributed by atoms with Crippen LogP contribution >= 0.6 is 0 Å². The molecule has 0 aromatic heterocycles. The topological polar surface area (TPSA) is 71.4 Å². The maximum Gasteiger partial charge on any atom is 0.214 e. The predicted molar refractivity (Wildman–Crippen MR) is 48.7 cm³/mol. The molecule has 1 aromatic carbocycles. The van der Waals surface area contributed by atoms with Crippen LogP contribution < -0.4 is 0 Å². The second-order valence-corrected chi connectivity index (χ2v) is 4.71. The zero-order valence-corrected chi connectivity index (χ0v) is 7.78. The van der Waals surface area contributed by atoms with Gasteiger partial charge in [0.1, 0.15) is 6.26 Å². The van der Waals surface area contributed by atoms with E-state index < -0.39 is 20.5 Å². The second kappa shape index (κ2) is 2.68. The maximum atomic E-state index is 11.6. The lowest BCUT2D eigenvalue weighted by atomic mass is 10.1. The number of fused-ring (bicyclic) bond motifs is 1. The first-order valence-electron chi connectivity index (χ1n) is 3.82. The van der Waals surface area contributed by atoms with Crippen LogP contribution in [0.1, 0.15) is 10.4 Å². The number of Topliss-reactive ketones (excluding diaryl/α,β-unsaturated/α-hetero) is 1. The van der Waals surface area contributed by atoms with Gasteiger partial charge in [-0.15, -0.1) is 0 Å². The Labute approximate surface area is 80.4 Å². The van der Waals surface area contributed by atoms with Gasteiger partial charge in [0.05, 0.1) is 4.90 Å². The number of ketones is 1. The predicted octanol–water partition coefficient (Wildman–Crippen LogP) is 1.06. The maximum absolute atomic E-state index is 11.6. The monoisotopic (exact) mass is 210 g/mol. The number of carbonyl (C=O) groups is 1. The summed E-state index contributed by atoms with van der Waals surface area (Å²) in [6, 6.07) is 5.88. The Morgan fingerprint density at radius 1 is 1.21 bits per heavy atom. The first kappa shape index (κ1) is 8.96. The lowest BCUT2D eigenvalue weighted by molar-refractivity contribution is 0.104. The largest absolute Gasteiger partial charge is 0.514 e. The fraction of sp³-hybridized carbons (Fsp3) is 0. The van der Waals surface area contributed by atoms with E-state index in [-0.39, 0.29) is 10.5 Å². The number of rotatable bonds is 0. The zero-order valence-electron chi connectivity index (χ0n) is 6.97. The van der Waals surface area contributed by atoms with Crippen molar-refractivity contribution in [1.29, 1.82) is 0 Å². The first-order chi connectivity index (χ1) is 6.59. The third-order valence-corrected chi connectivity index (χ3v) is 3.86. The van der Waals surface area contributed by atoms with Gasteiger partial charge in [0.25, 0.3) is 0 Å². The van der Waals surface area contributed by atoms with E-state index >= 15 is 0 Å². The summed E-state index contributed by atoms with van der Waals surface area (Å²) in [7, 11) is -3.78. The lowest BCUT2D eigenvalue weighted by Crippen LogP contribution is -2.01. The smallest absolute Gasteiger partial charge is 0.214 e. The number of aliphatic hydroxyl groups is 1. The number of carbonyl (C=O) groups excluding carboxylic acids is 1. The number of hydrogen-bond donors (Lipinski definition) is 1. The molecule has 0 radical (unpaired) electrons. The van der Waals surface area contributed by atoms with Crippen LogP contribution in [-0.4, -0.2) is 19.3 Å². The van der Waals surface area contributed by atoms with Crippen molar-refractivity contribution >= 4 is 15.6 Å². The minimum absolute atomic E-state index is 0.0368. The average Bonchev–Trinajstić information content (AvgIpc) is 2.36. The number of hydrogen-bond acceptors (Lipinski definition) is 4. The quantitative estimate of drug-likeness (QED) is 0.513. The van der Waals surface area contributed by atoms with Crippen LogP contribution in [0.4, 0.5) is 0 Å². The van der Waals surface area contributed by atoms with Crippen LogP contribution in [0.25, 0.3) is 0 Å². The number of benzene rings is 1. The van der Waals surface area contributed by atoms with E-state index in [1.807, 2.05) is 0 Å². The fourth-order valence-electron chi connectivity index (χ4n) is 1.39. The van der Waals surface area contributed by atoms with E-state index in [2.05, 4.69) is 0 Å². The average molecular weight is 210 g/mol. The van der Waals surface area contributed by atoms with Gasteiger partial charge in [-0.3, -0.25) is 4.79 Å². The van der Waals surface area contributed by atoms with Gasteiger partial charge in [0, 0.05) is 5.56 Å². The molecule has 0 unspecified atom stereocenters. The Hall–Kier alpha value is -1.62. The molecule has 0 amide bonds. The van der Waals surface area contributed by atoms with Crippen LogP contribution in [-0.2, 0) is 9.84 Å². The van der Waals surface area contributed by atoms with Gasteiger partial charge in [0.2, 0.25) is 15.6 Å². The van der Waals surface area contributed by atoms with E-state index in [4.69, 9.17) is 5.11 Å². The van der Waals surface area contributed by atoms with E-state index in [1.54, 1.807) is 6.07 Å². The number of aliphatic hydroxyl groups excluding tert-OH is 1. The molecule has 1 aromatic rings. The van der Waals surface area contributed by atoms with Gasteiger partial charge in [-0.05, 0) is 12.1 Å². The Balaban J connectivity index is 2.88. The summed E-state index contributed by atoms with van der Waals surface area (Å²) >= 11 is 0. The highest BCUT2D eigenvalue weighted by Gasteiger charge is 2.38. The summed E-state index contributed by atoms with van der Waals surface area (Å²) < 4.78 is 23.2. The molecule has 2 rings (SSSR count). The highest BCUT2D eigenvalue weighted by molar-refractivity contribution is 7.97. The van der Waals surface area contributed by atoms with E-state index in [0.717, 1.165) is 0 Å². The number of allylic oxidation sites excluding steroid dienone is 1. The minimum Gasteiger partial charge on any atom is -0.514 e. The molecule has 0 aliphatic carbocycles. The van der Waals surface area contributed by atoms with Gasteiger partial charge in [-0.2, -0.15) is 0 Å². The van der Waals surface area contributed by atoms with Gasteiger partial charge < -0.3 is 5.11 Å². The molecule has 0 spiro atoms. The fourth-order valence-corrected chi connectivity index (χ4v) is 2.83. The van der Waals surface area contributed by atoms with Crippen molar-refractivity contribution < 1.29 is 18.3 Å². The summed E-state index contributed by atoms with van der Waals surface area (Å²) in [5.41, 5.74) is 0.118. The summed E-state index contributed by atoms with van der Waals surface area (Å²) in [4.78, 5) is 10.8. The molecule has 72 valence electrons. The molecule has 1 aliphatic rings. The van der Waals surface area contributed by atoms with E-state index in [1.165, 1.54) is 18.2 Å². The normalized spacial score (nSPS) is 21.1. The molecule has 0 saturated carbocycles. The second-order valence-electron chi connectivity index (χ2n) is 2.82. The van der Waals surface area contributed by atoms with Crippen molar-refractivity contribution in [2.45, 2.75) is 4.90 Å². The molecule has 0 atom stereocenters. The Bertz CT molecular complexity index is 540. The zero-order chi connectivity index (χ0) is 10.3. The van der Waals surface area contributed by atoms with Gasteiger partial charge in [0.15, 0.2) is 4.91 Å². The van der Waals surface area contributed by atoms with Crippen LogP contribution in [0.3, 0.4) is 0 Å². The molecule has 1 N–H and O–H groups in total. The van der Waals surface area contributed by atoms with Gasteiger partial charge >= 0.3 is 0 Å². The Kier molecular flexibility index (Phi) is 1.72. The van der Waals surface area contributed by atoms with Crippen LogP contribution in [0, 0.1) is 0 Å². The summed E-state index contributed by atoms with van der Waals surface area (Å²) in [6.45, 7) is 0. The van der Waals surface area contributed by atoms with Crippen molar-refractivity contribution in [2.24, 2.45) is 0 Å². The van der Waals surface area contributed by atoms with Crippen molar-refractivity contribution in [3.63, 3.8) is 0 Å². The van der Waals surface area contributed by atoms with Gasteiger partial charge in [-0.1, -0.05) is 12.1 Å². The third-order valence-electron chi connectivity index (χ3n) is 2.05. The SMILES string of the molecule is O=C1/C(=C\O)S(=O)(=O)c2ccccc21. The van der Waals surface area contributed by atoms with Crippen molar-refractivity contribution in [3.05, 3.63) is 41.0 Å². The van der Waals surface area contributed by atoms with Crippen LogP contribution in [0.2, 0.25) is 0 Å². The molecule has 0 fully saturated rings. The molecule has 14 heavy (non-hydrogen) atoms. The summed E-state index contributed by atoms with van der Waals surface area (Å²) in [6.07, 6.45) is 0.345. The molecule has 1 aliphatic heterocycles. The summed E-state index contributed by atoms with van der Waals surface area (Å²) in [5, 5.41) is 8.68. The standard InChI is InChI=1S/C9H6O4S/c10-5-8-9(11)6-3-1-2-4-7(6)14(8,12)13/h1-5,10H/b8-5+. The van der Waals surface area contributed by atoms with Crippen molar-refractivity contribution in [3.8, 4) is 0 Å². The molecule has 0 bridgehead atoms. The Morgan fingerprint density at radius 3 is 2.43 bits per heavy atom. The first-order valence-corrected chi connectivity index (χ1v) is 5.30. The third kappa shape index (κ3) is 0.927. The van der Waals surface area contributed by atoms with Crippen LogP contribution in [0.15, 0.2) is 40.3 Å². The lowest BCUT2D eigenvalue weighted by Gasteiger charge is -1.93. The van der Waals surface area contributed by atoms with Crippen molar-refractivity contribution in [2.75, 3.05) is 0 Å². The van der Waals surface area contributed by atoms with E-state index in [9.17, 15) is 13.2 Å². The molecule has 5 heteroatoms. The highest BCUT2D eigenvalue weighted by Crippen LogP contribution is 2.33. The Morgan fingerprint density at radius 2 is 1.86 bits per heavy atom. The molecular formula is C9H6O4S. The van der Waals surface area contributed by atoms with Gasteiger partial charge in [-0.25, -0.2) is 8.42 Å².